The van der Waals surface area contributed by atoms with E-state index in [9.17, 15) is 9.18 Å². The second-order valence-electron chi connectivity index (χ2n) is 7.76. The van der Waals surface area contributed by atoms with E-state index in [-0.39, 0.29) is 41.6 Å². The van der Waals surface area contributed by atoms with E-state index in [0.29, 0.717) is 19.5 Å². The van der Waals surface area contributed by atoms with Crippen LogP contribution >= 0.6 is 11.6 Å². The maximum Gasteiger partial charge on any atom is 0.410 e. The van der Waals surface area contributed by atoms with Crippen molar-refractivity contribution in [1.29, 1.82) is 0 Å². The zero-order valence-electron chi connectivity index (χ0n) is 16.2. The number of ether oxygens (including phenoxy) is 1. The molecule has 6 nitrogen and oxygen atoms in total. The lowest BCUT2D eigenvalue weighted by atomic mass is 10.00. The van der Waals surface area contributed by atoms with Crippen molar-refractivity contribution < 1.29 is 19.0 Å². The van der Waals surface area contributed by atoms with Crippen LogP contribution in [0.1, 0.15) is 52.0 Å². The largest absolute Gasteiger partial charge is 0.444 e. The van der Waals surface area contributed by atoms with E-state index < -0.39 is 11.4 Å². The van der Waals surface area contributed by atoms with E-state index in [2.05, 4.69) is 10.3 Å². The van der Waals surface area contributed by atoms with Gasteiger partial charge in [-0.2, -0.15) is 0 Å². The number of hydrogen-bond donors (Lipinski definition) is 2. The topological polar surface area (TPSA) is 74.7 Å². The molecule has 0 aromatic carbocycles. The van der Waals surface area contributed by atoms with Crippen LogP contribution in [-0.2, 0) is 11.2 Å². The molecule has 0 saturated carbocycles. The van der Waals surface area contributed by atoms with Gasteiger partial charge >= 0.3 is 6.09 Å². The lowest BCUT2D eigenvalue weighted by molar-refractivity contribution is 0.00929. The minimum Gasteiger partial charge on any atom is -0.444 e. The van der Waals surface area contributed by atoms with Gasteiger partial charge in [0.2, 0.25) is 0 Å². The van der Waals surface area contributed by atoms with Crippen LogP contribution in [0.5, 0.6) is 0 Å². The van der Waals surface area contributed by atoms with E-state index in [0.717, 1.165) is 19.3 Å². The summed E-state index contributed by atoms with van der Waals surface area (Å²) in [7, 11) is 0. The average molecular weight is 402 g/mol. The summed E-state index contributed by atoms with van der Waals surface area (Å²) >= 11 is 5.94. The molecule has 1 amide bonds. The van der Waals surface area contributed by atoms with Gasteiger partial charge in [-0.1, -0.05) is 11.6 Å². The van der Waals surface area contributed by atoms with Crippen molar-refractivity contribution in [3.05, 3.63) is 22.6 Å². The Balaban J connectivity index is 1.96. The van der Waals surface area contributed by atoms with Crippen LogP contribution in [0.25, 0.3) is 0 Å². The zero-order valence-corrected chi connectivity index (χ0v) is 17.0. The Kier molecular flexibility index (Phi) is 7.68. The Morgan fingerprint density at radius 3 is 2.89 bits per heavy atom. The molecule has 0 radical (unpaired) electrons. The molecular formula is C19H29ClFN3O3. The van der Waals surface area contributed by atoms with E-state index in [1.54, 1.807) is 4.90 Å². The number of pyridine rings is 1. The third-order valence-corrected chi connectivity index (χ3v) is 4.78. The third-order valence-electron chi connectivity index (χ3n) is 4.46. The lowest BCUT2D eigenvalue weighted by Crippen LogP contribution is -2.46. The van der Waals surface area contributed by atoms with Gasteiger partial charge in [-0.3, -0.25) is 0 Å². The van der Waals surface area contributed by atoms with Crippen molar-refractivity contribution in [1.82, 2.24) is 9.88 Å². The number of nitrogens with one attached hydrogen (secondary N) is 1. The monoisotopic (exact) mass is 401 g/mol. The molecule has 1 atom stereocenters. The molecular weight excluding hydrogens is 373 g/mol. The first-order valence-corrected chi connectivity index (χ1v) is 9.78. The number of aromatic nitrogens is 1. The van der Waals surface area contributed by atoms with Crippen LogP contribution < -0.4 is 5.32 Å². The highest BCUT2D eigenvalue weighted by molar-refractivity contribution is 6.31. The molecule has 0 aliphatic carbocycles. The number of aliphatic hydroxyl groups excluding tert-OH is 1. The van der Waals surface area contributed by atoms with Gasteiger partial charge < -0.3 is 20.1 Å². The highest BCUT2D eigenvalue weighted by Gasteiger charge is 2.30. The molecule has 1 aromatic heterocycles. The van der Waals surface area contributed by atoms with Gasteiger partial charge in [-0.15, -0.1) is 0 Å². The van der Waals surface area contributed by atoms with Crippen LogP contribution in [0.4, 0.5) is 15.0 Å². The summed E-state index contributed by atoms with van der Waals surface area (Å²) in [6.07, 6.45) is 4.79. The van der Waals surface area contributed by atoms with Crippen molar-refractivity contribution in [2.45, 2.75) is 64.5 Å². The van der Waals surface area contributed by atoms with Gasteiger partial charge in [0.05, 0.1) is 5.02 Å². The minimum atomic E-state index is -0.538. The Morgan fingerprint density at radius 1 is 1.48 bits per heavy atom. The maximum atomic E-state index is 14.5. The lowest BCUT2D eigenvalue weighted by Gasteiger charge is -2.36. The van der Waals surface area contributed by atoms with Gasteiger partial charge in [0, 0.05) is 43.9 Å². The first kappa shape index (κ1) is 21.7. The number of piperidine rings is 1. The summed E-state index contributed by atoms with van der Waals surface area (Å²) in [5.41, 5.74) is -0.277. The van der Waals surface area contributed by atoms with Crippen molar-refractivity contribution in [3.63, 3.8) is 0 Å². The summed E-state index contributed by atoms with van der Waals surface area (Å²) in [6.45, 7) is 6.51. The standard InChI is InChI=1S/C19H29ClFN3O3/c1-19(2,3)27-18(26)24-10-5-4-6-13(24)7-9-22-17-16(21)14(8-11-25)15(20)12-23-17/h12-13,25H,4-11H2,1-3H3,(H,22,23). The Hall–Kier alpha value is -1.60. The number of carbonyl (C=O) groups is 1. The molecule has 27 heavy (non-hydrogen) atoms. The number of halogens is 2. The van der Waals surface area contributed by atoms with Crippen molar-refractivity contribution >= 4 is 23.5 Å². The average Bonchev–Trinajstić information content (AvgIpc) is 2.59. The van der Waals surface area contributed by atoms with Crippen LogP contribution in [-0.4, -0.2) is 52.4 Å². The Bertz CT molecular complexity index is 652. The summed E-state index contributed by atoms with van der Waals surface area (Å²) in [6, 6.07) is 0.0494. The second-order valence-corrected chi connectivity index (χ2v) is 8.17. The number of likely N-dealkylation sites (tertiary alicyclic amines) is 1. The minimum absolute atomic E-state index is 0.0494. The Morgan fingerprint density at radius 2 is 2.22 bits per heavy atom. The smallest absolute Gasteiger partial charge is 0.410 e. The first-order valence-electron chi connectivity index (χ1n) is 9.40. The highest BCUT2D eigenvalue weighted by Crippen LogP contribution is 2.25. The van der Waals surface area contributed by atoms with Gasteiger partial charge in [-0.25, -0.2) is 14.2 Å². The van der Waals surface area contributed by atoms with Gasteiger partial charge in [0.1, 0.15) is 5.60 Å². The summed E-state index contributed by atoms with van der Waals surface area (Å²) in [5, 5.41) is 12.2. The van der Waals surface area contributed by atoms with Crippen molar-refractivity contribution in [3.8, 4) is 0 Å². The zero-order chi connectivity index (χ0) is 20.0. The molecule has 1 fully saturated rings. The number of carbonyl (C=O) groups excluding carboxylic acids is 1. The predicted octanol–water partition coefficient (Wildman–Crippen LogP) is 4.00. The number of nitrogens with zero attached hydrogens (tertiary/aromatic N) is 2. The maximum absolute atomic E-state index is 14.5. The normalized spacial score (nSPS) is 17.7. The number of rotatable bonds is 6. The predicted molar refractivity (Wildman–Crippen MR) is 104 cm³/mol. The van der Waals surface area contributed by atoms with Crippen LogP contribution in [0.15, 0.2) is 6.20 Å². The molecule has 152 valence electrons. The highest BCUT2D eigenvalue weighted by atomic mass is 35.5. The van der Waals surface area contributed by atoms with E-state index >= 15 is 0 Å². The summed E-state index contributed by atoms with van der Waals surface area (Å²) in [4.78, 5) is 18.2. The number of hydrogen-bond acceptors (Lipinski definition) is 5. The van der Waals surface area contributed by atoms with Crippen molar-refractivity contribution in [2.75, 3.05) is 25.0 Å². The molecule has 1 aliphatic rings. The van der Waals surface area contributed by atoms with Crippen molar-refractivity contribution in [2.24, 2.45) is 0 Å². The number of amides is 1. The molecule has 0 spiro atoms. The molecule has 1 aliphatic heterocycles. The molecule has 2 rings (SSSR count). The SMILES string of the molecule is CC(C)(C)OC(=O)N1CCCCC1CCNc1ncc(Cl)c(CCO)c1F. The van der Waals surface area contributed by atoms with Crippen LogP contribution in [0.3, 0.4) is 0 Å². The molecule has 2 N–H and O–H groups in total. The molecule has 1 saturated heterocycles. The van der Waals surface area contributed by atoms with Crippen LogP contribution in [0.2, 0.25) is 5.02 Å². The molecule has 8 heteroatoms. The summed E-state index contributed by atoms with van der Waals surface area (Å²) < 4.78 is 20.0. The fraction of sp³-hybridized carbons (Fsp3) is 0.684. The van der Waals surface area contributed by atoms with Crippen LogP contribution in [0, 0.1) is 5.82 Å². The first-order chi connectivity index (χ1) is 12.7. The number of anilines is 1. The van der Waals surface area contributed by atoms with E-state index in [1.165, 1.54) is 6.20 Å². The third kappa shape index (κ3) is 6.21. The summed E-state index contributed by atoms with van der Waals surface area (Å²) in [5.74, 6) is -0.424. The van der Waals surface area contributed by atoms with E-state index in [1.807, 2.05) is 20.8 Å². The van der Waals surface area contributed by atoms with Gasteiger partial charge in [0.25, 0.3) is 0 Å². The molecule has 1 unspecified atom stereocenters. The molecule has 2 heterocycles. The Labute approximate surface area is 165 Å². The second kappa shape index (κ2) is 9.55. The fourth-order valence-corrected chi connectivity index (χ4v) is 3.41. The fourth-order valence-electron chi connectivity index (χ4n) is 3.19. The van der Waals surface area contributed by atoms with Gasteiger partial charge in [-0.05, 0) is 46.5 Å². The molecule has 0 bridgehead atoms. The molecule has 1 aromatic rings. The van der Waals surface area contributed by atoms with E-state index in [4.69, 9.17) is 21.4 Å². The van der Waals surface area contributed by atoms with Gasteiger partial charge in [0.15, 0.2) is 11.6 Å². The quantitative estimate of drug-likeness (QED) is 0.753. The number of aliphatic hydroxyl groups is 1.